The zero-order valence-corrected chi connectivity index (χ0v) is 19.7. The van der Waals surface area contributed by atoms with E-state index in [0.717, 1.165) is 23.0 Å². The van der Waals surface area contributed by atoms with Crippen molar-refractivity contribution in [1.29, 1.82) is 0 Å². The molecule has 0 aliphatic carbocycles. The summed E-state index contributed by atoms with van der Waals surface area (Å²) < 4.78 is 26.9. The summed E-state index contributed by atoms with van der Waals surface area (Å²) in [5.41, 5.74) is 2.28. The van der Waals surface area contributed by atoms with Crippen LogP contribution in [-0.4, -0.2) is 47.9 Å². The molecule has 1 aliphatic heterocycles. The first-order chi connectivity index (χ1) is 16.6. The first-order valence-corrected chi connectivity index (χ1v) is 11.8. The Kier molecular flexibility index (Phi) is 6.23. The van der Waals surface area contributed by atoms with Crippen LogP contribution in [0.5, 0.6) is 23.0 Å². The molecule has 3 heterocycles. The van der Waals surface area contributed by atoms with Crippen molar-refractivity contribution in [3.63, 3.8) is 0 Å². The lowest BCUT2D eigenvalue weighted by molar-refractivity contribution is -0.113. The number of carbonyl (C=O) groups is 1. The number of fused-ring (bicyclic) bond motifs is 1. The fourth-order valence-corrected chi connectivity index (χ4v) is 4.46. The normalized spacial score (nSPS) is 11.9. The summed E-state index contributed by atoms with van der Waals surface area (Å²) in [5.74, 6) is 2.73. The topological polar surface area (TPSA) is 118 Å². The van der Waals surface area contributed by atoms with Crippen LogP contribution in [0.4, 0.5) is 5.13 Å². The molecule has 1 amide bonds. The number of nitrogens with one attached hydrogen (secondary N) is 1. The number of benzene rings is 2. The van der Waals surface area contributed by atoms with Crippen LogP contribution in [0, 0.1) is 0 Å². The Hall–Kier alpha value is -3.77. The maximum absolute atomic E-state index is 12.4. The maximum atomic E-state index is 12.4. The Balaban J connectivity index is 1.18. The van der Waals surface area contributed by atoms with Gasteiger partial charge in [0.25, 0.3) is 5.22 Å². The number of thiazole rings is 1. The molecule has 5 rings (SSSR count). The van der Waals surface area contributed by atoms with Gasteiger partial charge in [-0.05, 0) is 36.4 Å². The molecule has 4 aromatic rings. The number of hydrogen-bond acceptors (Lipinski definition) is 11. The third-order valence-corrected chi connectivity index (χ3v) is 6.36. The van der Waals surface area contributed by atoms with Gasteiger partial charge >= 0.3 is 0 Å². The lowest BCUT2D eigenvalue weighted by Crippen LogP contribution is -2.13. The lowest BCUT2D eigenvalue weighted by atomic mass is 10.1. The molecule has 0 saturated heterocycles. The van der Waals surface area contributed by atoms with E-state index in [9.17, 15) is 4.79 Å². The maximum Gasteiger partial charge on any atom is 0.277 e. The van der Waals surface area contributed by atoms with Crippen molar-refractivity contribution in [2.75, 3.05) is 32.1 Å². The molecule has 0 bridgehead atoms. The van der Waals surface area contributed by atoms with Gasteiger partial charge in [0.2, 0.25) is 18.6 Å². The standard InChI is InChI=1S/C22H18N4O6S2/c1-28-15-5-3-12(7-17(15)29-2)14-9-33-21(23-14)24-19(27)10-34-22-26-25-20(32-22)13-4-6-16-18(8-13)31-11-30-16/h3-9H,10-11H2,1-2H3,(H,23,24,27). The highest BCUT2D eigenvalue weighted by molar-refractivity contribution is 7.99. The van der Waals surface area contributed by atoms with Crippen LogP contribution in [-0.2, 0) is 4.79 Å². The largest absolute Gasteiger partial charge is 0.493 e. The Morgan fingerprint density at radius 1 is 1.06 bits per heavy atom. The number of methoxy groups -OCH3 is 2. The molecular formula is C22H18N4O6S2. The second-order valence-corrected chi connectivity index (χ2v) is 8.67. The molecule has 2 aromatic heterocycles. The van der Waals surface area contributed by atoms with Gasteiger partial charge in [-0.1, -0.05) is 11.8 Å². The van der Waals surface area contributed by atoms with Crippen molar-refractivity contribution in [1.82, 2.24) is 15.2 Å². The van der Waals surface area contributed by atoms with E-state index < -0.39 is 0 Å². The van der Waals surface area contributed by atoms with Crippen LogP contribution in [0.25, 0.3) is 22.7 Å². The summed E-state index contributed by atoms with van der Waals surface area (Å²) in [4.78, 5) is 16.9. The molecule has 0 atom stereocenters. The molecule has 0 unspecified atom stereocenters. The van der Waals surface area contributed by atoms with Crippen molar-refractivity contribution in [2.45, 2.75) is 5.22 Å². The summed E-state index contributed by atoms with van der Waals surface area (Å²) in [6.07, 6.45) is 0. The van der Waals surface area contributed by atoms with Crippen LogP contribution in [0.2, 0.25) is 0 Å². The van der Waals surface area contributed by atoms with Crippen molar-refractivity contribution >= 4 is 34.1 Å². The summed E-state index contributed by atoms with van der Waals surface area (Å²) in [5, 5.41) is 13.5. The van der Waals surface area contributed by atoms with Crippen LogP contribution in [0.3, 0.4) is 0 Å². The van der Waals surface area contributed by atoms with E-state index >= 15 is 0 Å². The van der Waals surface area contributed by atoms with Crippen LogP contribution in [0.1, 0.15) is 0 Å². The number of nitrogens with zero attached hydrogens (tertiary/aromatic N) is 3. The number of thioether (sulfide) groups is 1. The van der Waals surface area contributed by atoms with E-state index in [2.05, 4.69) is 20.5 Å². The molecule has 1 N–H and O–H groups in total. The second kappa shape index (κ2) is 9.61. The van der Waals surface area contributed by atoms with Crippen molar-refractivity contribution in [3.8, 4) is 45.7 Å². The minimum Gasteiger partial charge on any atom is -0.493 e. The Morgan fingerprint density at radius 2 is 1.88 bits per heavy atom. The van der Waals surface area contributed by atoms with E-state index in [4.69, 9.17) is 23.4 Å². The summed E-state index contributed by atoms with van der Waals surface area (Å²) in [6, 6.07) is 10.9. The van der Waals surface area contributed by atoms with Gasteiger partial charge in [-0.2, -0.15) is 0 Å². The second-order valence-electron chi connectivity index (χ2n) is 6.89. The first kappa shape index (κ1) is 22.0. The highest BCUT2D eigenvalue weighted by atomic mass is 32.2. The van der Waals surface area contributed by atoms with E-state index in [1.807, 2.05) is 23.6 Å². The zero-order chi connectivity index (χ0) is 23.5. The Bertz CT molecular complexity index is 1340. The SMILES string of the molecule is COc1ccc(-c2csc(NC(=O)CSc3nnc(-c4ccc5c(c4)OCO5)o3)n2)cc1OC. The molecule has 0 radical (unpaired) electrons. The van der Waals surface area contributed by atoms with Crippen molar-refractivity contribution in [2.24, 2.45) is 0 Å². The Labute approximate surface area is 202 Å². The van der Waals surface area contributed by atoms with Gasteiger partial charge in [-0.25, -0.2) is 4.98 Å². The number of rotatable bonds is 8. The quantitative estimate of drug-likeness (QED) is 0.352. The van der Waals surface area contributed by atoms with E-state index in [0.29, 0.717) is 39.6 Å². The highest BCUT2D eigenvalue weighted by Crippen LogP contribution is 2.36. The Morgan fingerprint density at radius 3 is 2.74 bits per heavy atom. The smallest absolute Gasteiger partial charge is 0.277 e. The zero-order valence-electron chi connectivity index (χ0n) is 18.1. The fourth-order valence-electron chi connectivity index (χ4n) is 3.16. The van der Waals surface area contributed by atoms with Crippen LogP contribution in [0.15, 0.2) is 51.4 Å². The van der Waals surface area contributed by atoms with E-state index in [-0.39, 0.29) is 23.7 Å². The third-order valence-electron chi connectivity index (χ3n) is 4.78. The molecule has 1 aliphatic rings. The van der Waals surface area contributed by atoms with Gasteiger partial charge in [0.1, 0.15) is 0 Å². The third kappa shape index (κ3) is 4.63. The molecule has 174 valence electrons. The van der Waals surface area contributed by atoms with Gasteiger partial charge < -0.3 is 28.7 Å². The monoisotopic (exact) mass is 498 g/mol. The summed E-state index contributed by atoms with van der Waals surface area (Å²) in [6.45, 7) is 0.188. The molecule has 0 saturated carbocycles. The van der Waals surface area contributed by atoms with E-state index in [1.54, 1.807) is 32.4 Å². The van der Waals surface area contributed by atoms with Crippen molar-refractivity contribution < 1.29 is 28.2 Å². The molecule has 34 heavy (non-hydrogen) atoms. The number of amides is 1. The number of aromatic nitrogens is 3. The summed E-state index contributed by atoms with van der Waals surface area (Å²) >= 11 is 2.47. The van der Waals surface area contributed by atoms with Crippen LogP contribution >= 0.6 is 23.1 Å². The average Bonchev–Trinajstić information content (AvgIpc) is 3.62. The first-order valence-electron chi connectivity index (χ1n) is 9.97. The molecule has 0 spiro atoms. The van der Waals surface area contributed by atoms with Gasteiger partial charge in [0, 0.05) is 16.5 Å². The van der Waals surface area contributed by atoms with Crippen LogP contribution < -0.4 is 24.3 Å². The predicted octanol–water partition coefficient (Wildman–Crippen LogP) is 4.34. The molecular weight excluding hydrogens is 480 g/mol. The predicted molar refractivity (Wildman–Crippen MR) is 126 cm³/mol. The fraction of sp³-hybridized carbons (Fsp3) is 0.182. The molecule has 0 fully saturated rings. The average molecular weight is 499 g/mol. The molecule has 12 heteroatoms. The lowest BCUT2D eigenvalue weighted by Gasteiger charge is -2.08. The van der Waals surface area contributed by atoms with Gasteiger partial charge in [-0.15, -0.1) is 21.5 Å². The highest BCUT2D eigenvalue weighted by Gasteiger charge is 2.18. The minimum atomic E-state index is -0.235. The van der Waals surface area contributed by atoms with Gasteiger partial charge in [0.05, 0.1) is 25.7 Å². The number of hydrogen-bond donors (Lipinski definition) is 1. The molecule has 2 aromatic carbocycles. The number of ether oxygens (including phenoxy) is 4. The van der Waals surface area contributed by atoms with E-state index in [1.165, 1.54) is 11.3 Å². The van der Waals surface area contributed by atoms with Crippen molar-refractivity contribution in [3.05, 3.63) is 41.8 Å². The summed E-state index contributed by atoms with van der Waals surface area (Å²) in [7, 11) is 3.16. The van der Waals surface area contributed by atoms with Gasteiger partial charge in [0.15, 0.2) is 28.1 Å². The molecule has 10 nitrogen and oxygen atoms in total. The van der Waals surface area contributed by atoms with Gasteiger partial charge in [-0.3, -0.25) is 4.79 Å². The number of anilines is 1. The number of carbonyl (C=O) groups excluding carboxylic acids is 1. The minimum absolute atomic E-state index is 0.0913.